The van der Waals surface area contributed by atoms with E-state index in [1.807, 2.05) is 42.5 Å². The number of likely N-dealkylation sites (tertiary alicyclic amines) is 1. The van der Waals surface area contributed by atoms with Gasteiger partial charge in [-0.3, -0.25) is 19.3 Å². The van der Waals surface area contributed by atoms with Crippen molar-refractivity contribution in [2.75, 3.05) is 13.2 Å². The van der Waals surface area contributed by atoms with Gasteiger partial charge in [-0.1, -0.05) is 30.3 Å². The van der Waals surface area contributed by atoms with E-state index in [4.69, 9.17) is 21.7 Å². The summed E-state index contributed by atoms with van der Waals surface area (Å²) in [6.07, 6.45) is 0.842. The fourth-order valence-electron chi connectivity index (χ4n) is 7.34. The maximum atomic E-state index is 13.6. The lowest BCUT2D eigenvalue weighted by molar-refractivity contribution is -0.153. The monoisotopic (exact) mass is 578 g/mol. The Morgan fingerprint density at radius 1 is 1.05 bits per heavy atom. The highest BCUT2D eigenvalue weighted by Gasteiger charge is 2.69. The van der Waals surface area contributed by atoms with Crippen molar-refractivity contribution in [1.82, 2.24) is 9.88 Å². The van der Waals surface area contributed by atoms with Crippen LogP contribution in [0.3, 0.4) is 0 Å². The predicted octanol–water partition coefficient (Wildman–Crippen LogP) is 5.63. The molecule has 2 aliphatic carbocycles. The number of hydrogen-bond acceptors (Lipinski definition) is 8. The number of amides is 2. The number of para-hydroxylation sites is 1. The highest BCUT2D eigenvalue weighted by Crippen LogP contribution is 2.68. The number of esters is 1. The number of fused-ring (bicyclic) bond motifs is 9. The third-order valence-electron chi connectivity index (χ3n) is 8.60. The SMILES string of the molecule is CCOC(=O)CN1C(=O)C2C3CC(C2C1=O)C1C(c2cccc(Oc4ccccc4)c2)c2sc(=S)[nH]c2SC31. The molecule has 2 aromatic carbocycles. The Kier molecular flexibility index (Phi) is 6.17. The second-order valence-corrected chi connectivity index (χ2v) is 13.4. The quantitative estimate of drug-likeness (QED) is 0.230. The van der Waals surface area contributed by atoms with Crippen LogP contribution in [0.25, 0.3) is 0 Å². The number of imide groups is 1. The third-order valence-corrected chi connectivity index (χ3v) is 11.5. The molecule has 7 nitrogen and oxygen atoms in total. The Labute approximate surface area is 238 Å². The summed E-state index contributed by atoms with van der Waals surface area (Å²) in [5.41, 5.74) is 1.12. The van der Waals surface area contributed by atoms with Crippen molar-refractivity contribution in [1.29, 1.82) is 0 Å². The first-order valence-electron chi connectivity index (χ1n) is 13.2. The van der Waals surface area contributed by atoms with E-state index >= 15 is 0 Å². The molecule has 7 atom stereocenters. The molecule has 1 aromatic heterocycles. The fourth-order valence-corrected chi connectivity index (χ4v) is 10.7. The molecule has 1 N–H and O–H groups in total. The highest BCUT2D eigenvalue weighted by atomic mass is 32.2. The number of thioether (sulfide) groups is 1. The van der Waals surface area contributed by atoms with E-state index in [9.17, 15) is 14.4 Å². The van der Waals surface area contributed by atoms with Gasteiger partial charge >= 0.3 is 5.97 Å². The zero-order valence-electron chi connectivity index (χ0n) is 21.1. The van der Waals surface area contributed by atoms with E-state index < -0.39 is 11.9 Å². The highest BCUT2D eigenvalue weighted by molar-refractivity contribution is 8.00. The molecule has 1 saturated heterocycles. The lowest BCUT2D eigenvalue weighted by Gasteiger charge is -2.43. The van der Waals surface area contributed by atoms with Crippen molar-refractivity contribution in [3.63, 3.8) is 0 Å². The average Bonchev–Trinajstić information content (AvgIpc) is 3.65. The van der Waals surface area contributed by atoms with Gasteiger partial charge in [0.2, 0.25) is 11.8 Å². The summed E-state index contributed by atoms with van der Waals surface area (Å²) in [5.74, 6) is 0.0930. The van der Waals surface area contributed by atoms with Gasteiger partial charge in [-0.2, -0.15) is 0 Å². The molecule has 4 aliphatic rings. The number of carbonyl (C=O) groups is 3. The molecular formula is C29H26N2O5S3. The minimum atomic E-state index is -0.541. The summed E-state index contributed by atoms with van der Waals surface area (Å²) >= 11 is 8.93. The van der Waals surface area contributed by atoms with E-state index in [0.29, 0.717) is 0 Å². The molecule has 0 radical (unpaired) electrons. The number of hydrogen-bond donors (Lipinski definition) is 1. The summed E-state index contributed by atoms with van der Waals surface area (Å²) in [6.45, 7) is 1.63. The standard InChI is InChI=1S/C29H26N2O5S3/c1-2-35-19(32)13-31-27(33)22-17-12-18(23(22)28(31)34)24-21(17)20(25-26(38-24)30-29(37)39-25)14-7-6-10-16(11-14)36-15-8-4-3-5-9-15/h3-11,17-18,20-24H,2,12-13H2,1H3,(H,30,37). The molecule has 3 fully saturated rings. The molecule has 3 heterocycles. The van der Waals surface area contributed by atoms with Crippen molar-refractivity contribution in [2.45, 2.75) is 29.5 Å². The molecule has 10 heteroatoms. The van der Waals surface area contributed by atoms with Gasteiger partial charge in [0.15, 0.2) is 3.95 Å². The molecule has 0 spiro atoms. The van der Waals surface area contributed by atoms with E-state index in [2.05, 4.69) is 17.1 Å². The Hall–Kier alpha value is -2.95. The number of nitrogens with one attached hydrogen (secondary N) is 1. The average molecular weight is 579 g/mol. The third kappa shape index (κ3) is 3.98. The van der Waals surface area contributed by atoms with Gasteiger partial charge in [0, 0.05) is 16.0 Å². The number of ether oxygens (including phenoxy) is 2. The van der Waals surface area contributed by atoms with Gasteiger partial charge in [0.1, 0.15) is 18.0 Å². The molecule has 3 aromatic rings. The summed E-state index contributed by atoms with van der Waals surface area (Å²) in [5, 5.41) is 1.24. The Bertz CT molecular complexity index is 1530. The van der Waals surface area contributed by atoms with Crippen molar-refractivity contribution in [2.24, 2.45) is 29.6 Å². The molecule has 7 unspecified atom stereocenters. The molecule has 2 aliphatic heterocycles. The maximum Gasteiger partial charge on any atom is 0.326 e. The van der Waals surface area contributed by atoms with Gasteiger partial charge in [0.25, 0.3) is 0 Å². The molecular weight excluding hydrogens is 553 g/mol. The number of aromatic amines is 1. The van der Waals surface area contributed by atoms with Crippen molar-refractivity contribution >= 4 is 53.1 Å². The van der Waals surface area contributed by atoms with Crippen LogP contribution >= 0.6 is 35.3 Å². The molecule has 2 bridgehead atoms. The van der Waals surface area contributed by atoms with E-state index in [0.717, 1.165) is 37.4 Å². The molecule has 7 rings (SSSR count). The maximum absolute atomic E-state index is 13.6. The zero-order chi connectivity index (χ0) is 26.8. The predicted molar refractivity (Wildman–Crippen MR) is 149 cm³/mol. The van der Waals surface area contributed by atoms with E-state index in [-0.39, 0.29) is 59.8 Å². The fraction of sp³-hybridized carbons (Fsp3) is 0.379. The Morgan fingerprint density at radius 3 is 2.56 bits per heavy atom. The molecule has 39 heavy (non-hydrogen) atoms. The van der Waals surface area contributed by atoms with Gasteiger partial charge in [-0.25, -0.2) is 0 Å². The summed E-state index contributed by atoms with van der Waals surface area (Å²) in [4.78, 5) is 45.0. The van der Waals surface area contributed by atoms with Crippen LogP contribution in [0.5, 0.6) is 11.5 Å². The van der Waals surface area contributed by atoms with Crippen LogP contribution in [0.1, 0.15) is 29.7 Å². The first kappa shape index (κ1) is 25.0. The van der Waals surface area contributed by atoms with Crippen molar-refractivity contribution < 1.29 is 23.9 Å². The van der Waals surface area contributed by atoms with Crippen LogP contribution in [0.15, 0.2) is 59.6 Å². The topological polar surface area (TPSA) is 88.7 Å². The number of carbonyl (C=O) groups excluding carboxylic acids is 3. The summed E-state index contributed by atoms with van der Waals surface area (Å²) in [6, 6.07) is 17.9. The second-order valence-electron chi connectivity index (χ2n) is 10.5. The normalized spacial score (nSPS) is 30.2. The van der Waals surface area contributed by atoms with Gasteiger partial charge in [-0.05, 0) is 73.1 Å². The molecule has 200 valence electrons. The molecule has 2 amide bonds. The number of benzene rings is 2. The van der Waals surface area contributed by atoms with Gasteiger partial charge in [0.05, 0.1) is 23.5 Å². The van der Waals surface area contributed by atoms with Crippen LogP contribution < -0.4 is 4.74 Å². The Balaban J connectivity index is 1.25. The van der Waals surface area contributed by atoms with Crippen LogP contribution in [-0.2, 0) is 19.1 Å². The smallest absolute Gasteiger partial charge is 0.326 e. The van der Waals surface area contributed by atoms with Crippen molar-refractivity contribution in [3.8, 4) is 11.5 Å². The number of rotatable bonds is 6. The second kappa shape index (κ2) is 9.60. The largest absolute Gasteiger partial charge is 0.465 e. The van der Waals surface area contributed by atoms with E-state index in [1.165, 1.54) is 4.88 Å². The minimum Gasteiger partial charge on any atom is -0.465 e. The summed E-state index contributed by atoms with van der Waals surface area (Å²) < 4.78 is 11.9. The number of H-pyrrole nitrogens is 1. The first-order valence-corrected chi connectivity index (χ1v) is 15.3. The first-order chi connectivity index (χ1) is 18.9. The van der Waals surface area contributed by atoms with E-state index in [1.54, 1.807) is 30.0 Å². The lowest BCUT2D eigenvalue weighted by Crippen LogP contribution is -2.42. The zero-order valence-corrected chi connectivity index (χ0v) is 23.5. The summed E-state index contributed by atoms with van der Waals surface area (Å²) in [7, 11) is 0. The van der Waals surface area contributed by atoms with Crippen molar-refractivity contribution in [3.05, 3.63) is 69.0 Å². The van der Waals surface area contributed by atoms with Crippen LogP contribution in [0.4, 0.5) is 0 Å². The molecule has 2 saturated carbocycles. The lowest BCUT2D eigenvalue weighted by atomic mass is 9.68. The van der Waals surface area contributed by atoms with Gasteiger partial charge < -0.3 is 14.5 Å². The Morgan fingerprint density at radius 2 is 1.79 bits per heavy atom. The van der Waals surface area contributed by atoms with Crippen LogP contribution in [0, 0.1) is 33.5 Å². The van der Waals surface area contributed by atoms with Crippen LogP contribution in [0.2, 0.25) is 0 Å². The number of thiazole rings is 1. The minimum absolute atomic E-state index is 0.0292. The number of nitrogens with zero attached hydrogens (tertiary/aromatic N) is 1. The van der Waals surface area contributed by atoms with Crippen LogP contribution in [-0.4, -0.2) is 46.1 Å². The van der Waals surface area contributed by atoms with Gasteiger partial charge in [-0.15, -0.1) is 23.1 Å². The number of aromatic nitrogens is 1.